The SMILES string of the molecule is C=CCC(C)[C@@H](C1CCC1)S(N)(=O)=O. The van der Waals surface area contributed by atoms with Crippen molar-refractivity contribution in [3.05, 3.63) is 12.7 Å². The first-order valence-corrected chi connectivity index (χ1v) is 6.70. The highest BCUT2D eigenvalue weighted by Gasteiger charge is 2.37. The molecule has 2 N–H and O–H groups in total. The van der Waals surface area contributed by atoms with Crippen molar-refractivity contribution in [3.63, 3.8) is 0 Å². The van der Waals surface area contributed by atoms with Crippen molar-refractivity contribution >= 4 is 10.0 Å². The molecule has 82 valence electrons. The number of sulfonamides is 1. The van der Waals surface area contributed by atoms with Gasteiger partial charge in [-0.15, -0.1) is 6.58 Å². The van der Waals surface area contributed by atoms with Gasteiger partial charge in [0.15, 0.2) is 0 Å². The minimum absolute atomic E-state index is 0.0906. The fourth-order valence-corrected chi connectivity index (χ4v) is 3.79. The van der Waals surface area contributed by atoms with Gasteiger partial charge < -0.3 is 0 Å². The Morgan fingerprint density at radius 1 is 1.57 bits per heavy atom. The maximum atomic E-state index is 11.4. The molecule has 1 unspecified atom stereocenters. The monoisotopic (exact) mass is 217 g/mol. The quantitative estimate of drug-likeness (QED) is 0.712. The average Bonchev–Trinajstić information content (AvgIpc) is 1.94. The van der Waals surface area contributed by atoms with Gasteiger partial charge in [-0.2, -0.15) is 0 Å². The molecule has 4 heteroatoms. The van der Waals surface area contributed by atoms with Crippen LogP contribution in [0.15, 0.2) is 12.7 Å². The lowest BCUT2D eigenvalue weighted by Crippen LogP contribution is -2.42. The van der Waals surface area contributed by atoms with E-state index in [0.717, 1.165) is 25.7 Å². The molecule has 0 saturated heterocycles. The van der Waals surface area contributed by atoms with Crippen LogP contribution in [0.5, 0.6) is 0 Å². The van der Waals surface area contributed by atoms with Gasteiger partial charge in [-0.25, -0.2) is 13.6 Å². The van der Waals surface area contributed by atoms with Crippen molar-refractivity contribution in [2.24, 2.45) is 17.0 Å². The number of rotatable bonds is 5. The van der Waals surface area contributed by atoms with E-state index in [0.29, 0.717) is 0 Å². The van der Waals surface area contributed by atoms with E-state index in [1.807, 2.05) is 6.92 Å². The Bertz CT molecular complexity index is 293. The summed E-state index contributed by atoms with van der Waals surface area (Å²) in [5.74, 6) is 0.368. The largest absolute Gasteiger partial charge is 0.228 e. The molecule has 0 aromatic heterocycles. The first-order chi connectivity index (χ1) is 6.46. The van der Waals surface area contributed by atoms with E-state index in [4.69, 9.17) is 5.14 Å². The zero-order chi connectivity index (χ0) is 10.8. The van der Waals surface area contributed by atoms with Crippen molar-refractivity contribution in [2.75, 3.05) is 0 Å². The van der Waals surface area contributed by atoms with E-state index >= 15 is 0 Å². The van der Waals surface area contributed by atoms with Crippen LogP contribution in [-0.4, -0.2) is 13.7 Å². The topological polar surface area (TPSA) is 60.2 Å². The minimum Gasteiger partial charge on any atom is -0.228 e. The Kier molecular flexibility index (Phi) is 3.72. The summed E-state index contributed by atoms with van der Waals surface area (Å²) in [7, 11) is -3.39. The van der Waals surface area contributed by atoms with Crippen LogP contribution in [0.4, 0.5) is 0 Å². The molecule has 3 nitrogen and oxygen atoms in total. The van der Waals surface area contributed by atoms with E-state index in [1.165, 1.54) is 0 Å². The van der Waals surface area contributed by atoms with Crippen molar-refractivity contribution in [3.8, 4) is 0 Å². The summed E-state index contributed by atoms with van der Waals surface area (Å²) in [5.41, 5.74) is 0. The molecular weight excluding hydrogens is 198 g/mol. The Hall–Kier alpha value is -0.350. The lowest BCUT2D eigenvalue weighted by molar-refractivity contribution is 0.259. The fraction of sp³-hybridized carbons (Fsp3) is 0.800. The summed E-state index contributed by atoms with van der Waals surface area (Å²) in [6, 6.07) is 0. The van der Waals surface area contributed by atoms with E-state index in [9.17, 15) is 8.42 Å². The summed E-state index contributed by atoms with van der Waals surface area (Å²) in [4.78, 5) is 0. The van der Waals surface area contributed by atoms with Crippen molar-refractivity contribution < 1.29 is 8.42 Å². The van der Waals surface area contributed by atoms with Crippen molar-refractivity contribution in [1.82, 2.24) is 0 Å². The van der Waals surface area contributed by atoms with Crippen LogP contribution in [0, 0.1) is 11.8 Å². The van der Waals surface area contributed by atoms with Crippen LogP contribution in [0.2, 0.25) is 0 Å². The van der Waals surface area contributed by atoms with E-state index in [-0.39, 0.29) is 17.1 Å². The van der Waals surface area contributed by atoms with E-state index in [1.54, 1.807) is 6.08 Å². The Balaban J connectivity index is 2.75. The van der Waals surface area contributed by atoms with E-state index in [2.05, 4.69) is 6.58 Å². The molecule has 0 aromatic rings. The molecule has 0 radical (unpaired) electrons. The highest BCUT2D eigenvalue weighted by molar-refractivity contribution is 7.89. The number of hydrogen-bond donors (Lipinski definition) is 1. The lowest BCUT2D eigenvalue weighted by atomic mass is 9.78. The third-order valence-electron chi connectivity index (χ3n) is 3.09. The Labute approximate surface area is 86.4 Å². The maximum absolute atomic E-state index is 11.4. The summed E-state index contributed by atoms with van der Waals surface area (Å²) in [6.45, 7) is 5.57. The smallest absolute Gasteiger partial charge is 0.212 e. The highest BCUT2D eigenvalue weighted by atomic mass is 32.2. The van der Waals surface area contributed by atoms with Crippen LogP contribution >= 0.6 is 0 Å². The standard InChI is InChI=1S/C10H19NO2S/c1-3-5-8(2)10(14(11,12)13)9-6-4-7-9/h3,8-10H,1,4-7H2,2H3,(H2,11,12,13)/t8?,10-/m0/s1. The molecule has 1 aliphatic carbocycles. The van der Waals surface area contributed by atoms with E-state index < -0.39 is 10.0 Å². The average molecular weight is 217 g/mol. The first-order valence-electron chi connectivity index (χ1n) is 5.09. The van der Waals surface area contributed by atoms with Gasteiger partial charge in [0.1, 0.15) is 0 Å². The predicted molar refractivity (Wildman–Crippen MR) is 58.2 cm³/mol. The van der Waals surface area contributed by atoms with Crippen LogP contribution in [0.3, 0.4) is 0 Å². The molecular formula is C10H19NO2S. The molecule has 1 aliphatic rings. The molecule has 0 aromatic carbocycles. The highest BCUT2D eigenvalue weighted by Crippen LogP contribution is 2.36. The molecule has 1 fully saturated rings. The summed E-state index contributed by atoms with van der Waals surface area (Å²) in [6.07, 6.45) is 5.63. The normalized spacial score (nSPS) is 22.4. The van der Waals surface area contributed by atoms with Gasteiger partial charge in [0.05, 0.1) is 5.25 Å². The molecule has 1 saturated carbocycles. The first kappa shape index (κ1) is 11.7. The van der Waals surface area contributed by atoms with Gasteiger partial charge >= 0.3 is 0 Å². The second-order valence-electron chi connectivity index (χ2n) is 4.25. The fourth-order valence-electron chi connectivity index (χ4n) is 2.22. The van der Waals surface area contributed by atoms with Crippen LogP contribution in [-0.2, 0) is 10.0 Å². The number of nitrogens with two attached hydrogens (primary N) is 1. The predicted octanol–water partition coefficient (Wildman–Crippen LogP) is 1.66. The minimum atomic E-state index is -3.39. The Morgan fingerprint density at radius 2 is 2.14 bits per heavy atom. The molecule has 2 atom stereocenters. The maximum Gasteiger partial charge on any atom is 0.212 e. The molecule has 0 aliphatic heterocycles. The third-order valence-corrected chi connectivity index (χ3v) is 4.70. The van der Waals surface area contributed by atoms with Crippen molar-refractivity contribution in [1.29, 1.82) is 0 Å². The molecule has 0 spiro atoms. The Morgan fingerprint density at radius 3 is 2.43 bits per heavy atom. The van der Waals surface area contributed by atoms with Crippen LogP contribution in [0.1, 0.15) is 32.6 Å². The third kappa shape index (κ3) is 2.58. The zero-order valence-corrected chi connectivity index (χ0v) is 9.46. The molecule has 0 bridgehead atoms. The van der Waals surface area contributed by atoms with Crippen LogP contribution in [0.25, 0.3) is 0 Å². The molecule has 0 heterocycles. The summed E-state index contributed by atoms with van der Waals surface area (Å²) < 4.78 is 22.9. The van der Waals surface area contributed by atoms with Gasteiger partial charge in [-0.3, -0.25) is 0 Å². The second-order valence-corrected chi connectivity index (χ2v) is 5.97. The second kappa shape index (κ2) is 4.45. The van der Waals surface area contributed by atoms with Gasteiger partial charge in [-0.05, 0) is 31.1 Å². The summed E-state index contributed by atoms with van der Waals surface area (Å²) in [5, 5.41) is 4.89. The molecule has 0 amide bonds. The van der Waals surface area contributed by atoms with Gasteiger partial charge in [0.2, 0.25) is 10.0 Å². The number of allylic oxidation sites excluding steroid dienone is 1. The number of hydrogen-bond acceptors (Lipinski definition) is 2. The van der Waals surface area contributed by atoms with Gasteiger partial charge in [0, 0.05) is 0 Å². The zero-order valence-electron chi connectivity index (χ0n) is 8.65. The lowest BCUT2D eigenvalue weighted by Gasteiger charge is -2.35. The van der Waals surface area contributed by atoms with Crippen molar-refractivity contribution in [2.45, 2.75) is 37.9 Å². The van der Waals surface area contributed by atoms with Crippen LogP contribution < -0.4 is 5.14 Å². The number of primary sulfonamides is 1. The summed E-state index contributed by atoms with van der Waals surface area (Å²) >= 11 is 0. The van der Waals surface area contributed by atoms with Gasteiger partial charge in [0.25, 0.3) is 0 Å². The van der Waals surface area contributed by atoms with Gasteiger partial charge in [-0.1, -0.05) is 19.4 Å². The molecule has 1 rings (SSSR count). The molecule has 14 heavy (non-hydrogen) atoms.